The Balaban J connectivity index is 1.83. The molecule has 0 saturated carbocycles. The largest absolute Gasteiger partial charge is 0.366 e. The second-order valence-electron chi connectivity index (χ2n) is 5.31. The summed E-state index contributed by atoms with van der Waals surface area (Å²) in [6.45, 7) is 0. The van der Waals surface area contributed by atoms with Crippen molar-refractivity contribution in [2.45, 2.75) is 6.04 Å². The number of aromatic nitrogens is 3. The predicted octanol–water partition coefficient (Wildman–Crippen LogP) is 3.06. The van der Waals surface area contributed by atoms with E-state index < -0.39 is 0 Å². The number of anilines is 2. The normalized spacial score (nSPS) is 16.4. The second kappa shape index (κ2) is 5.24. The van der Waals surface area contributed by atoms with Crippen LogP contribution in [0, 0.1) is 5.82 Å². The number of nitrogens with one attached hydrogen (secondary N) is 1. The summed E-state index contributed by atoms with van der Waals surface area (Å²) in [4.78, 5) is 4.22. The van der Waals surface area contributed by atoms with E-state index in [2.05, 4.69) is 15.4 Å². The maximum Gasteiger partial charge on any atom is 0.241 e. The molecule has 1 aliphatic heterocycles. The Morgan fingerprint density at radius 2 is 1.78 bits per heavy atom. The molecular formula is C17H14FN5. The summed E-state index contributed by atoms with van der Waals surface area (Å²) >= 11 is 0. The number of hydrogen-bond donors (Lipinski definition) is 2. The van der Waals surface area contributed by atoms with E-state index in [1.165, 1.54) is 12.1 Å². The van der Waals surface area contributed by atoms with Gasteiger partial charge in [0.25, 0.3) is 0 Å². The average molecular weight is 307 g/mol. The van der Waals surface area contributed by atoms with Gasteiger partial charge in [-0.1, -0.05) is 42.5 Å². The van der Waals surface area contributed by atoms with Crippen LogP contribution in [-0.2, 0) is 0 Å². The number of halogens is 1. The number of nitrogens with two attached hydrogens (primary N) is 1. The summed E-state index contributed by atoms with van der Waals surface area (Å²) < 4.78 is 14.9. The minimum Gasteiger partial charge on any atom is -0.366 e. The molecule has 0 bridgehead atoms. The molecule has 2 aromatic carbocycles. The highest BCUT2D eigenvalue weighted by Gasteiger charge is 2.24. The van der Waals surface area contributed by atoms with Gasteiger partial charge in [-0.05, 0) is 29.3 Å². The third kappa shape index (κ3) is 2.44. The Morgan fingerprint density at radius 3 is 2.52 bits per heavy atom. The van der Waals surface area contributed by atoms with Gasteiger partial charge in [0.05, 0.1) is 0 Å². The van der Waals surface area contributed by atoms with Crippen molar-refractivity contribution in [2.75, 3.05) is 11.1 Å². The monoisotopic (exact) mass is 307 g/mol. The van der Waals surface area contributed by atoms with Gasteiger partial charge in [-0.3, -0.25) is 0 Å². The molecule has 1 atom stereocenters. The average Bonchev–Trinajstić information content (AvgIpc) is 2.96. The molecule has 0 saturated heterocycles. The van der Waals surface area contributed by atoms with Crippen molar-refractivity contribution < 1.29 is 4.39 Å². The minimum absolute atomic E-state index is 0.197. The Kier molecular flexibility index (Phi) is 3.08. The molecule has 0 radical (unpaired) electrons. The zero-order valence-corrected chi connectivity index (χ0v) is 12.1. The van der Waals surface area contributed by atoms with Crippen LogP contribution in [0.25, 0.3) is 5.70 Å². The van der Waals surface area contributed by atoms with Crippen LogP contribution >= 0.6 is 0 Å². The smallest absolute Gasteiger partial charge is 0.241 e. The maximum atomic E-state index is 13.2. The maximum absolute atomic E-state index is 13.2. The number of fused-ring (bicyclic) bond motifs is 1. The van der Waals surface area contributed by atoms with Crippen LogP contribution in [0.3, 0.4) is 0 Å². The zero-order chi connectivity index (χ0) is 15.8. The van der Waals surface area contributed by atoms with E-state index in [9.17, 15) is 4.39 Å². The summed E-state index contributed by atoms with van der Waals surface area (Å²) in [5.74, 6) is 0.494. The summed E-state index contributed by atoms with van der Waals surface area (Å²) in [5, 5.41) is 7.48. The highest BCUT2D eigenvalue weighted by atomic mass is 19.1. The van der Waals surface area contributed by atoms with Crippen LogP contribution in [0.5, 0.6) is 0 Å². The van der Waals surface area contributed by atoms with Gasteiger partial charge in [0.15, 0.2) is 0 Å². The third-order valence-corrected chi connectivity index (χ3v) is 3.78. The quantitative estimate of drug-likeness (QED) is 0.763. The van der Waals surface area contributed by atoms with Gasteiger partial charge < -0.3 is 11.1 Å². The molecule has 3 N–H and O–H groups in total. The third-order valence-electron chi connectivity index (χ3n) is 3.78. The highest BCUT2D eigenvalue weighted by Crippen LogP contribution is 2.32. The van der Waals surface area contributed by atoms with E-state index in [0.29, 0.717) is 5.95 Å². The van der Waals surface area contributed by atoms with E-state index in [0.717, 1.165) is 16.8 Å². The van der Waals surface area contributed by atoms with Gasteiger partial charge in [0.2, 0.25) is 11.9 Å². The van der Waals surface area contributed by atoms with E-state index in [4.69, 9.17) is 5.73 Å². The van der Waals surface area contributed by atoms with Crippen molar-refractivity contribution in [2.24, 2.45) is 0 Å². The molecule has 0 fully saturated rings. The van der Waals surface area contributed by atoms with Crippen LogP contribution in [0.1, 0.15) is 17.2 Å². The first-order valence-electron chi connectivity index (χ1n) is 7.22. The Labute approximate surface area is 132 Å². The number of benzene rings is 2. The molecule has 3 aromatic rings. The molecule has 1 aliphatic rings. The molecule has 4 rings (SSSR count). The molecule has 2 heterocycles. The first-order chi connectivity index (χ1) is 11.2. The zero-order valence-electron chi connectivity index (χ0n) is 12.1. The van der Waals surface area contributed by atoms with Crippen molar-refractivity contribution in [1.29, 1.82) is 0 Å². The molecular weight excluding hydrogens is 293 g/mol. The van der Waals surface area contributed by atoms with Gasteiger partial charge in [0, 0.05) is 5.70 Å². The molecule has 1 unspecified atom stereocenters. The molecule has 1 aromatic heterocycles. The number of hydrogen-bond acceptors (Lipinski definition) is 4. The van der Waals surface area contributed by atoms with Gasteiger partial charge in [-0.2, -0.15) is 4.98 Å². The molecule has 0 amide bonds. The fraction of sp³-hybridized carbons (Fsp3) is 0.0588. The lowest BCUT2D eigenvalue weighted by Gasteiger charge is -2.24. The Hall–Kier alpha value is -3.15. The van der Waals surface area contributed by atoms with Crippen molar-refractivity contribution in [3.05, 3.63) is 77.6 Å². The SMILES string of the molecule is Nc1nc2n(n1)C(c1ccc(F)cc1)C=C(c1ccccc1)N2. The van der Waals surface area contributed by atoms with Gasteiger partial charge >= 0.3 is 0 Å². The summed E-state index contributed by atoms with van der Waals surface area (Å²) in [6, 6.07) is 16.1. The minimum atomic E-state index is -0.270. The van der Waals surface area contributed by atoms with Crippen LogP contribution in [0.15, 0.2) is 60.7 Å². The van der Waals surface area contributed by atoms with Crippen molar-refractivity contribution >= 4 is 17.6 Å². The van der Waals surface area contributed by atoms with Gasteiger partial charge in [-0.15, -0.1) is 5.10 Å². The first kappa shape index (κ1) is 13.5. The van der Waals surface area contributed by atoms with Crippen LogP contribution < -0.4 is 11.1 Å². The predicted molar refractivity (Wildman–Crippen MR) is 87.0 cm³/mol. The molecule has 6 heteroatoms. The molecule has 114 valence electrons. The lowest BCUT2D eigenvalue weighted by atomic mass is 10.0. The second-order valence-corrected chi connectivity index (χ2v) is 5.31. The standard InChI is InChI=1S/C17H14FN5/c18-13-8-6-12(7-9-13)15-10-14(11-4-2-1-3-5-11)20-17-21-16(19)22-23(15)17/h1-10,15H,(H3,19,20,21,22). The van der Waals surface area contributed by atoms with Crippen molar-refractivity contribution in [3.63, 3.8) is 0 Å². The molecule has 23 heavy (non-hydrogen) atoms. The fourth-order valence-electron chi connectivity index (χ4n) is 2.69. The Bertz CT molecular complexity index is 868. The summed E-state index contributed by atoms with van der Waals surface area (Å²) in [6.07, 6.45) is 2.03. The Morgan fingerprint density at radius 1 is 1.04 bits per heavy atom. The van der Waals surface area contributed by atoms with Gasteiger partial charge in [0.1, 0.15) is 11.9 Å². The summed E-state index contributed by atoms with van der Waals surface area (Å²) in [5.41, 5.74) is 8.60. The number of nitrogen functional groups attached to an aromatic ring is 1. The number of nitrogens with zero attached hydrogens (tertiary/aromatic N) is 3. The molecule has 0 spiro atoms. The lowest BCUT2D eigenvalue weighted by molar-refractivity contribution is 0.604. The van der Waals surface area contributed by atoms with E-state index in [1.807, 2.05) is 36.4 Å². The molecule has 0 aliphatic carbocycles. The van der Waals surface area contributed by atoms with Crippen LogP contribution in [0.2, 0.25) is 0 Å². The van der Waals surface area contributed by atoms with E-state index in [1.54, 1.807) is 16.8 Å². The van der Waals surface area contributed by atoms with Crippen LogP contribution in [-0.4, -0.2) is 14.8 Å². The van der Waals surface area contributed by atoms with E-state index in [-0.39, 0.29) is 17.8 Å². The summed E-state index contributed by atoms with van der Waals surface area (Å²) in [7, 11) is 0. The van der Waals surface area contributed by atoms with E-state index >= 15 is 0 Å². The number of rotatable bonds is 2. The van der Waals surface area contributed by atoms with Crippen molar-refractivity contribution in [1.82, 2.24) is 14.8 Å². The lowest BCUT2D eigenvalue weighted by Crippen LogP contribution is -2.20. The molecule has 5 nitrogen and oxygen atoms in total. The first-order valence-corrected chi connectivity index (χ1v) is 7.22. The number of allylic oxidation sites excluding steroid dienone is 1. The van der Waals surface area contributed by atoms with Crippen LogP contribution in [0.4, 0.5) is 16.3 Å². The van der Waals surface area contributed by atoms with Gasteiger partial charge in [-0.25, -0.2) is 9.07 Å². The fourth-order valence-corrected chi connectivity index (χ4v) is 2.69. The van der Waals surface area contributed by atoms with Crippen molar-refractivity contribution in [3.8, 4) is 0 Å². The highest BCUT2D eigenvalue weighted by molar-refractivity contribution is 5.77. The topological polar surface area (TPSA) is 68.8 Å².